The number of hydrogen-bond donors (Lipinski definition) is 2. The van der Waals surface area contributed by atoms with Crippen LogP contribution in [0.3, 0.4) is 0 Å². The van der Waals surface area contributed by atoms with Gasteiger partial charge in [-0.3, -0.25) is 10.1 Å². The monoisotopic (exact) mass is 443 g/mol. The van der Waals surface area contributed by atoms with Crippen molar-refractivity contribution >= 4 is 17.5 Å². The van der Waals surface area contributed by atoms with Crippen LogP contribution in [0.4, 0.5) is 17.5 Å². The highest BCUT2D eigenvalue weighted by molar-refractivity contribution is 5.80. The SMILES string of the molecule is Cc1noc(-c2cnc(NCCNc3ccc([N+](=O)[O-])cn3)nc2-c2ccccc2C#N)n1. The topological polar surface area (TPSA) is 169 Å². The van der Waals surface area contributed by atoms with Gasteiger partial charge in [0.15, 0.2) is 5.82 Å². The zero-order valence-electron chi connectivity index (χ0n) is 17.4. The van der Waals surface area contributed by atoms with E-state index in [0.29, 0.717) is 53.1 Å². The molecular weight excluding hydrogens is 426 g/mol. The van der Waals surface area contributed by atoms with Gasteiger partial charge in [0, 0.05) is 30.9 Å². The number of nitro groups is 1. The van der Waals surface area contributed by atoms with E-state index in [1.165, 1.54) is 18.3 Å². The number of aromatic nitrogens is 5. The number of benzene rings is 1. The molecule has 0 atom stereocenters. The smallest absolute Gasteiger partial charge is 0.287 e. The van der Waals surface area contributed by atoms with Crippen molar-refractivity contribution < 1.29 is 9.45 Å². The highest BCUT2D eigenvalue weighted by Crippen LogP contribution is 2.31. The van der Waals surface area contributed by atoms with Gasteiger partial charge in [-0.05, 0) is 19.1 Å². The summed E-state index contributed by atoms with van der Waals surface area (Å²) in [4.78, 5) is 27.4. The van der Waals surface area contributed by atoms with E-state index in [0.717, 1.165) is 0 Å². The normalized spacial score (nSPS) is 10.4. The fourth-order valence-corrected chi connectivity index (χ4v) is 2.99. The number of pyridine rings is 1. The largest absolute Gasteiger partial charge is 0.368 e. The van der Waals surface area contributed by atoms with Crippen LogP contribution < -0.4 is 10.6 Å². The maximum atomic E-state index is 10.7. The molecule has 12 nitrogen and oxygen atoms in total. The molecule has 2 N–H and O–H groups in total. The third-order valence-corrected chi connectivity index (χ3v) is 4.52. The molecule has 0 aliphatic rings. The Balaban J connectivity index is 1.52. The van der Waals surface area contributed by atoms with Crippen LogP contribution in [-0.2, 0) is 0 Å². The van der Waals surface area contributed by atoms with E-state index >= 15 is 0 Å². The second-order valence-electron chi connectivity index (χ2n) is 6.77. The Morgan fingerprint density at radius 3 is 2.58 bits per heavy atom. The van der Waals surface area contributed by atoms with Crippen molar-refractivity contribution in [2.45, 2.75) is 6.92 Å². The third-order valence-electron chi connectivity index (χ3n) is 4.52. The van der Waals surface area contributed by atoms with E-state index < -0.39 is 4.92 Å². The highest BCUT2D eigenvalue weighted by Gasteiger charge is 2.18. The lowest BCUT2D eigenvalue weighted by molar-refractivity contribution is -0.385. The minimum atomic E-state index is -0.503. The van der Waals surface area contributed by atoms with Crippen LogP contribution in [-0.4, -0.2) is 43.1 Å². The molecule has 164 valence electrons. The first-order valence-electron chi connectivity index (χ1n) is 9.80. The summed E-state index contributed by atoms with van der Waals surface area (Å²) in [5.41, 5.74) is 1.99. The lowest BCUT2D eigenvalue weighted by Gasteiger charge is -2.11. The van der Waals surface area contributed by atoms with Crippen molar-refractivity contribution in [1.29, 1.82) is 5.26 Å². The molecule has 4 aromatic rings. The van der Waals surface area contributed by atoms with Crippen molar-refractivity contribution in [1.82, 2.24) is 25.1 Å². The Morgan fingerprint density at radius 1 is 1.06 bits per heavy atom. The number of nitriles is 1. The predicted molar refractivity (Wildman–Crippen MR) is 118 cm³/mol. The second-order valence-corrected chi connectivity index (χ2v) is 6.77. The van der Waals surface area contributed by atoms with Crippen molar-refractivity contribution in [3.63, 3.8) is 0 Å². The van der Waals surface area contributed by atoms with Crippen LogP contribution in [0.1, 0.15) is 11.4 Å². The number of rotatable bonds is 8. The molecule has 0 unspecified atom stereocenters. The summed E-state index contributed by atoms with van der Waals surface area (Å²) in [6.45, 7) is 2.61. The molecule has 0 bridgehead atoms. The predicted octanol–water partition coefficient (Wildman–Crippen LogP) is 3.20. The molecule has 0 saturated heterocycles. The maximum absolute atomic E-state index is 10.7. The van der Waals surface area contributed by atoms with Crippen LogP contribution in [0.15, 0.2) is 53.3 Å². The molecular formula is C21H17N9O3. The molecule has 0 spiro atoms. The first-order valence-corrected chi connectivity index (χ1v) is 9.80. The minimum Gasteiger partial charge on any atom is -0.368 e. The van der Waals surface area contributed by atoms with E-state index in [1.54, 1.807) is 31.3 Å². The molecule has 0 aliphatic carbocycles. The Labute approximate surface area is 187 Å². The summed E-state index contributed by atoms with van der Waals surface area (Å²) < 4.78 is 5.29. The lowest BCUT2D eigenvalue weighted by Crippen LogP contribution is -2.16. The fraction of sp³-hybridized carbons (Fsp3) is 0.143. The molecule has 0 saturated carbocycles. The summed E-state index contributed by atoms with van der Waals surface area (Å²) in [5, 5.41) is 30.2. The quantitative estimate of drug-likeness (QED) is 0.233. The summed E-state index contributed by atoms with van der Waals surface area (Å²) in [6, 6.07) is 12.2. The van der Waals surface area contributed by atoms with Gasteiger partial charge in [0.25, 0.3) is 11.6 Å². The number of nitrogens with one attached hydrogen (secondary N) is 2. The van der Waals surface area contributed by atoms with Crippen molar-refractivity contribution in [2.75, 3.05) is 23.7 Å². The number of aryl methyl sites for hydroxylation is 1. The first kappa shape index (κ1) is 21.3. The standard InChI is InChI=1S/C21H17N9O3/c1-13-27-20(33-29-13)17-12-26-21(28-19(17)16-5-3-2-4-14(16)10-22)24-9-8-23-18-7-6-15(11-25-18)30(31)32/h2-7,11-12H,8-9H2,1H3,(H,23,25)(H,24,26,28). The van der Waals surface area contributed by atoms with E-state index in [1.807, 2.05) is 6.07 Å². The molecule has 12 heteroatoms. The van der Waals surface area contributed by atoms with Gasteiger partial charge in [-0.2, -0.15) is 10.2 Å². The van der Waals surface area contributed by atoms with Gasteiger partial charge >= 0.3 is 0 Å². The van der Waals surface area contributed by atoms with Crippen molar-refractivity contribution in [3.8, 4) is 28.8 Å². The van der Waals surface area contributed by atoms with E-state index in [9.17, 15) is 15.4 Å². The van der Waals surface area contributed by atoms with Crippen LogP contribution in [0.2, 0.25) is 0 Å². The molecule has 33 heavy (non-hydrogen) atoms. The van der Waals surface area contributed by atoms with Crippen molar-refractivity contribution in [3.05, 3.63) is 70.3 Å². The van der Waals surface area contributed by atoms with Gasteiger partial charge in [0.05, 0.1) is 27.8 Å². The average molecular weight is 443 g/mol. The molecule has 3 aromatic heterocycles. The zero-order valence-corrected chi connectivity index (χ0v) is 17.4. The van der Waals surface area contributed by atoms with Gasteiger partial charge in [-0.25, -0.2) is 15.0 Å². The lowest BCUT2D eigenvalue weighted by atomic mass is 10.0. The molecule has 1 aromatic carbocycles. The molecule has 0 aliphatic heterocycles. The highest BCUT2D eigenvalue weighted by atomic mass is 16.6. The third kappa shape index (κ3) is 4.88. The molecule has 0 amide bonds. The van der Waals surface area contributed by atoms with E-state index in [4.69, 9.17) is 4.52 Å². The summed E-state index contributed by atoms with van der Waals surface area (Å²) in [6.07, 6.45) is 2.76. The number of hydrogen-bond acceptors (Lipinski definition) is 11. The molecule has 3 heterocycles. The van der Waals surface area contributed by atoms with E-state index in [-0.39, 0.29) is 11.6 Å². The van der Waals surface area contributed by atoms with Gasteiger partial charge in [-0.15, -0.1) is 0 Å². The van der Waals surface area contributed by atoms with Gasteiger partial charge in [0.2, 0.25) is 5.95 Å². The Bertz CT molecular complexity index is 1330. The summed E-state index contributed by atoms with van der Waals surface area (Å²) in [7, 11) is 0. The minimum absolute atomic E-state index is 0.0752. The molecule has 4 rings (SSSR count). The Hall–Kier alpha value is -4.92. The van der Waals surface area contributed by atoms with Crippen LogP contribution in [0.5, 0.6) is 0 Å². The first-order chi connectivity index (χ1) is 16.0. The summed E-state index contributed by atoms with van der Waals surface area (Å²) >= 11 is 0. The van der Waals surface area contributed by atoms with Crippen LogP contribution in [0.25, 0.3) is 22.7 Å². The average Bonchev–Trinajstić information content (AvgIpc) is 3.28. The van der Waals surface area contributed by atoms with Crippen molar-refractivity contribution in [2.24, 2.45) is 0 Å². The fourth-order valence-electron chi connectivity index (χ4n) is 2.99. The second kappa shape index (κ2) is 9.48. The van der Waals surface area contributed by atoms with Gasteiger partial charge in [-0.1, -0.05) is 23.4 Å². The molecule has 0 radical (unpaired) electrons. The Kier molecular flexibility index (Phi) is 6.12. The maximum Gasteiger partial charge on any atom is 0.287 e. The number of nitrogens with zero attached hydrogens (tertiary/aromatic N) is 7. The van der Waals surface area contributed by atoms with Gasteiger partial charge in [0.1, 0.15) is 12.0 Å². The number of anilines is 2. The van der Waals surface area contributed by atoms with E-state index in [2.05, 4.69) is 41.8 Å². The van der Waals surface area contributed by atoms with Gasteiger partial charge < -0.3 is 15.2 Å². The zero-order chi connectivity index (χ0) is 23.2. The van der Waals surface area contributed by atoms with Crippen LogP contribution in [0, 0.1) is 28.4 Å². The molecule has 0 fully saturated rings. The Morgan fingerprint density at radius 2 is 1.88 bits per heavy atom. The summed E-state index contributed by atoms with van der Waals surface area (Å²) in [5.74, 6) is 1.58. The van der Waals surface area contributed by atoms with Crippen LogP contribution >= 0.6 is 0 Å².